The second-order valence-electron chi connectivity index (χ2n) is 9.95. The van der Waals surface area contributed by atoms with Crippen LogP contribution in [-0.2, 0) is 14.6 Å². The van der Waals surface area contributed by atoms with Gasteiger partial charge < -0.3 is 0 Å². The second kappa shape index (κ2) is 9.49. The summed E-state index contributed by atoms with van der Waals surface area (Å²) in [6.07, 6.45) is 9.19. The monoisotopic (exact) mass is 523 g/mol. The van der Waals surface area contributed by atoms with Crippen molar-refractivity contribution in [3.63, 3.8) is 0 Å². The lowest BCUT2D eigenvalue weighted by molar-refractivity contribution is -0.125. The lowest BCUT2D eigenvalue weighted by Crippen LogP contribution is -2.28. The van der Waals surface area contributed by atoms with Gasteiger partial charge in [0.15, 0.2) is 9.84 Å². The van der Waals surface area contributed by atoms with Gasteiger partial charge >= 0.3 is 0 Å². The van der Waals surface area contributed by atoms with Crippen molar-refractivity contribution in [1.82, 2.24) is 9.97 Å². The van der Waals surface area contributed by atoms with E-state index >= 15 is 0 Å². The van der Waals surface area contributed by atoms with Gasteiger partial charge in [0, 0.05) is 36.3 Å². The maximum Gasteiger partial charge on any atom is 0.175 e. The summed E-state index contributed by atoms with van der Waals surface area (Å²) in [7, 11) is -3.34. The van der Waals surface area contributed by atoms with Crippen LogP contribution in [0.4, 0.5) is 4.39 Å². The van der Waals surface area contributed by atoms with E-state index in [9.17, 15) is 22.9 Å². The van der Waals surface area contributed by atoms with Crippen molar-refractivity contribution in [1.29, 1.82) is 5.26 Å². The number of rotatable bonds is 7. The van der Waals surface area contributed by atoms with Crippen molar-refractivity contribution in [2.45, 2.75) is 55.8 Å². The first-order chi connectivity index (χ1) is 17.2. The fourth-order valence-electron chi connectivity index (χ4n) is 5.08. The number of sulfone groups is 1. The van der Waals surface area contributed by atoms with Gasteiger partial charge in [-0.15, -0.1) is 11.3 Å². The van der Waals surface area contributed by atoms with E-state index in [0.29, 0.717) is 10.6 Å². The molecule has 0 aliphatic heterocycles. The molecular formula is C27H26FN3O3S2. The quantitative estimate of drug-likeness (QED) is 0.379. The number of nitriles is 1. The van der Waals surface area contributed by atoms with Gasteiger partial charge in [-0.3, -0.25) is 9.78 Å². The highest BCUT2D eigenvalue weighted by molar-refractivity contribution is 7.90. The molecule has 0 N–H and O–H groups in total. The minimum Gasteiger partial charge on any atom is -0.299 e. The number of thiazole rings is 1. The molecule has 1 aromatic carbocycles. The highest BCUT2D eigenvalue weighted by Gasteiger charge is 2.47. The van der Waals surface area contributed by atoms with E-state index in [2.05, 4.69) is 11.1 Å². The topological polar surface area (TPSA) is 101 Å². The highest BCUT2D eigenvalue weighted by atomic mass is 32.2. The average molecular weight is 524 g/mol. The summed E-state index contributed by atoms with van der Waals surface area (Å²) in [5.74, 6) is -0.671. The van der Waals surface area contributed by atoms with E-state index in [1.807, 2.05) is 0 Å². The van der Waals surface area contributed by atoms with Crippen LogP contribution in [0.3, 0.4) is 0 Å². The molecule has 5 rings (SSSR count). The second-order valence-corrected chi connectivity index (χ2v) is 13.0. The fraction of sp³-hybridized carbons (Fsp3) is 0.407. The maximum atomic E-state index is 13.9. The van der Waals surface area contributed by atoms with Crippen LogP contribution in [0, 0.1) is 28.5 Å². The molecule has 2 saturated carbocycles. The van der Waals surface area contributed by atoms with E-state index in [-0.39, 0.29) is 28.9 Å². The largest absolute Gasteiger partial charge is 0.299 e. The summed E-state index contributed by atoms with van der Waals surface area (Å²) < 4.78 is 37.9. The highest BCUT2D eigenvalue weighted by Crippen LogP contribution is 2.51. The third-order valence-electron chi connectivity index (χ3n) is 7.28. The van der Waals surface area contributed by atoms with Crippen LogP contribution in [0.1, 0.15) is 56.6 Å². The molecule has 0 unspecified atom stereocenters. The summed E-state index contributed by atoms with van der Waals surface area (Å²) in [6.45, 7) is 0. The maximum absolute atomic E-state index is 13.9. The first-order valence-electron chi connectivity index (χ1n) is 12.1. The Hall–Kier alpha value is -2.96. The van der Waals surface area contributed by atoms with Gasteiger partial charge in [-0.25, -0.2) is 17.8 Å². The number of hydrogen-bond acceptors (Lipinski definition) is 7. The van der Waals surface area contributed by atoms with Gasteiger partial charge in [-0.2, -0.15) is 5.26 Å². The molecule has 0 bridgehead atoms. The van der Waals surface area contributed by atoms with Crippen LogP contribution in [0.15, 0.2) is 47.6 Å². The van der Waals surface area contributed by atoms with Gasteiger partial charge in [0.25, 0.3) is 0 Å². The number of benzene rings is 1. The number of hydrogen-bond donors (Lipinski definition) is 0. The van der Waals surface area contributed by atoms with Gasteiger partial charge in [0.1, 0.15) is 16.6 Å². The Morgan fingerprint density at radius 3 is 2.53 bits per heavy atom. The molecule has 3 aromatic rings. The normalized spacial score (nSPS) is 21.0. The number of Topliss-reactive ketones (excluding diaryl/α,β-unsaturated/α-hetero) is 1. The Kier molecular flexibility index (Phi) is 6.52. The summed E-state index contributed by atoms with van der Waals surface area (Å²) >= 11 is 1.39. The van der Waals surface area contributed by atoms with E-state index in [1.54, 1.807) is 30.5 Å². The molecule has 2 heterocycles. The molecule has 2 fully saturated rings. The molecule has 6 nitrogen and oxygen atoms in total. The Morgan fingerprint density at radius 2 is 1.89 bits per heavy atom. The zero-order chi connectivity index (χ0) is 25.5. The number of carbonyl (C=O) groups is 1. The third kappa shape index (κ3) is 4.97. The van der Waals surface area contributed by atoms with Crippen LogP contribution < -0.4 is 0 Å². The van der Waals surface area contributed by atoms with Crippen LogP contribution in [-0.4, -0.2) is 30.4 Å². The minimum absolute atomic E-state index is 0.114. The van der Waals surface area contributed by atoms with Crippen LogP contribution in [0.5, 0.6) is 0 Å². The molecule has 9 heteroatoms. The number of pyridine rings is 1. The summed E-state index contributed by atoms with van der Waals surface area (Å²) in [4.78, 5) is 23.4. The minimum atomic E-state index is -3.34. The standard InChI is InChI=1S/C27H26FN3O3S2/c1-36(33,34)20-8-6-17(7-9-20)25-24(31-26(35-25)18-12-19(28)15-30-14-18)22-5-3-2-4-21(22)23(32)13-27(16-29)10-11-27/h6-9,12,14-15,21-22H,2-5,10-11,13H2,1H3/t21-,22-/m1/s1. The summed E-state index contributed by atoms with van der Waals surface area (Å²) in [6, 6.07) is 10.4. The predicted octanol–water partition coefficient (Wildman–Crippen LogP) is 5.95. The Bertz CT molecular complexity index is 1450. The molecule has 2 aromatic heterocycles. The molecule has 2 atom stereocenters. The zero-order valence-corrected chi connectivity index (χ0v) is 21.5. The van der Waals surface area contributed by atoms with E-state index in [0.717, 1.165) is 60.9 Å². The van der Waals surface area contributed by atoms with Crippen molar-refractivity contribution >= 4 is 27.0 Å². The van der Waals surface area contributed by atoms with E-state index in [4.69, 9.17) is 4.98 Å². The van der Waals surface area contributed by atoms with E-state index in [1.165, 1.54) is 23.7 Å². The van der Waals surface area contributed by atoms with Crippen molar-refractivity contribution in [3.8, 4) is 27.1 Å². The lowest BCUT2D eigenvalue weighted by Gasteiger charge is -2.30. The summed E-state index contributed by atoms with van der Waals surface area (Å²) in [5, 5.41) is 10.1. The van der Waals surface area contributed by atoms with Gasteiger partial charge in [0.2, 0.25) is 0 Å². The lowest BCUT2D eigenvalue weighted by atomic mass is 9.73. The summed E-state index contributed by atoms with van der Waals surface area (Å²) in [5.41, 5.74) is 1.65. The third-order valence-corrected chi connectivity index (χ3v) is 9.58. The molecule has 186 valence electrons. The molecule has 0 amide bonds. The Morgan fingerprint density at radius 1 is 1.17 bits per heavy atom. The first kappa shape index (κ1) is 24.7. The Labute approximate surface area is 214 Å². The average Bonchev–Trinajstić information content (AvgIpc) is 3.50. The van der Waals surface area contributed by atoms with Crippen LogP contribution in [0.25, 0.3) is 21.0 Å². The van der Waals surface area contributed by atoms with Gasteiger partial charge in [-0.05, 0) is 49.4 Å². The molecule has 0 spiro atoms. The van der Waals surface area contributed by atoms with Crippen LogP contribution >= 0.6 is 11.3 Å². The van der Waals surface area contributed by atoms with E-state index < -0.39 is 21.1 Å². The number of carbonyl (C=O) groups excluding carboxylic acids is 1. The number of aromatic nitrogens is 2. The molecule has 36 heavy (non-hydrogen) atoms. The van der Waals surface area contributed by atoms with Crippen molar-refractivity contribution in [3.05, 3.63) is 54.2 Å². The number of nitrogens with zero attached hydrogens (tertiary/aromatic N) is 3. The van der Waals surface area contributed by atoms with Gasteiger partial charge in [0.05, 0.1) is 33.1 Å². The molecule has 2 aliphatic carbocycles. The molecule has 0 radical (unpaired) electrons. The van der Waals surface area contributed by atoms with Crippen molar-refractivity contribution in [2.75, 3.05) is 6.26 Å². The molecule has 2 aliphatic rings. The molecular weight excluding hydrogens is 497 g/mol. The Balaban J connectivity index is 1.57. The van der Waals surface area contributed by atoms with Crippen molar-refractivity contribution in [2.24, 2.45) is 11.3 Å². The fourth-order valence-corrected chi connectivity index (χ4v) is 6.84. The smallest absolute Gasteiger partial charge is 0.175 e. The van der Waals surface area contributed by atoms with Crippen molar-refractivity contribution < 1.29 is 17.6 Å². The predicted molar refractivity (Wildman–Crippen MR) is 135 cm³/mol. The van der Waals surface area contributed by atoms with Crippen LogP contribution in [0.2, 0.25) is 0 Å². The number of ketones is 1. The SMILES string of the molecule is CS(=O)(=O)c1ccc(-c2sc(-c3cncc(F)c3)nc2[C@@H]2CCCC[C@H]2C(=O)CC2(C#N)CC2)cc1. The zero-order valence-electron chi connectivity index (χ0n) is 19.9. The van der Waals surface area contributed by atoms with Gasteiger partial charge in [-0.1, -0.05) is 25.0 Å². The molecule has 0 saturated heterocycles. The number of halogens is 1. The first-order valence-corrected chi connectivity index (χ1v) is 14.8.